The molecule has 17 heavy (non-hydrogen) atoms. The third kappa shape index (κ3) is 2.34. The number of nitrogens with one attached hydrogen (secondary N) is 1. The Labute approximate surface area is 100 Å². The predicted octanol–water partition coefficient (Wildman–Crippen LogP) is 1.10. The largest absolute Gasteiger partial charge is 0.384 e. The second-order valence-corrected chi connectivity index (χ2v) is 4.52. The SMILES string of the molecule is CNc1cccn([C@H]2CCN(C)C[C@H]2F)c1=O. The van der Waals surface area contributed by atoms with Crippen LogP contribution < -0.4 is 10.9 Å². The summed E-state index contributed by atoms with van der Waals surface area (Å²) in [6.07, 6.45) is 1.36. The molecule has 0 saturated carbocycles. The fraction of sp³-hybridized carbons (Fsp3) is 0.583. The molecule has 1 aromatic rings. The van der Waals surface area contributed by atoms with Gasteiger partial charge in [0.1, 0.15) is 11.9 Å². The van der Waals surface area contributed by atoms with E-state index in [4.69, 9.17) is 0 Å². The summed E-state index contributed by atoms with van der Waals surface area (Å²) in [5.41, 5.74) is 0.367. The Morgan fingerprint density at radius 2 is 2.29 bits per heavy atom. The molecule has 1 N–H and O–H groups in total. The molecule has 4 nitrogen and oxygen atoms in total. The second kappa shape index (κ2) is 4.87. The molecule has 0 spiro atoms. The molecular formula is C12H18FN3O. The van der Waals surface area contributed by atoms with Crippen LogP contribution in [0.3, 0.4) is 0 Å². The van der Waals surface area contributed by atoms with Crippen molar-refractivity contribution in [2.24, 2.45) is 0 Å². The summed E-state index contributed by atoms with van der Waals surface area (Å²) in [4.78, 5) is 14.0. The molecule has 1 saturated heterocycles. The van der Waals surface area contributed by atoms with Crippen molar-refractivity contribution in [2.75, 3.05) is 32.5 Å². The summed E-state index contributed by atoms with van der Waals surface area (Å²) >= 11 is 0. The highest BCUT2D eigenvalue weighted by atomic mass is 19.1. The van der Waals surface area contributed by atoms with Gasteiger partial charge in [0.15, 0.2) is 0 Å². The van der Waals surface area contributed by atoms with Crippen LogP contribution in [0, 0.1) is 0 Å². The number of halogens is 1. The molecule has 5 heteroatoms. The molecular weight excluding hydrogens is 221 g/mol. The Bertz CT molecular complexity index is 446. The van der Waals surface area contributed by atoms with E-state index in [2.05, 4.69) is 5.32 Å². The molecule has 0 unspecified atom stereocenters. The third-order valence-corrected chi connectivity index (χ3v) is 3.31. The lowest BCUT2D eigenvalue weighted by Gasteiger charge is -2.33. The van der Waals surface area contributed by atoms with Gasteiger partial charge in [0.05, 0.1) is 6.04 Å². The third-order valence-electron chi connectivity index (χ3n) is 3.31. The van der Waals surface area contributed by atoms with Crippen molar-refractivity contribution in [1.29, 1.82) is 0 Å². The summed E-state index contributed by atoms with van der Waals surface area (Å²) in [5, 5.41) is 2.83. The van der Waals surface area contributed by atoms with Gasteiger partial charge in [0.25, 0.3) is 5.56 Å². The van der Waals surface area contributed by atoms with Crippen molar-refractivity contribution in [3.8, 4) is 0 Å². The zero-order chi connectivity index (χ0) is 12.4. The Hall–Kier alpha value is -1.36. The highest BCUT2D eigenvalue weighted by Gasteiger charge is 2.29. The van der Waals surface area contributed by atoms with Crippen LogP contribution in [0.2, 0.25) is 0 Å². The predicted molar refractivity (Wildman–Crippen MR) is 66.3 cm³/mol. The number of aromatic nitrogens is 1. The lowest BCUT2D eigenvalue weighted by molar-refractivity contribution is 0.105. The van der Waals surface area contributed by atoms with E-state index >= 15 is 0 Å². The number of likely N-dealkylation sites (tertiary alicyclic amines) is 1. The van der Waals surface area contributed by atoms with Crippen LogP contribution in [-0.4, -0.2) is 42.8 Å². The molecule has 1 aliphatic heterocycles. The van der Waals surface area contributed by atoms with Crippen LogP contribution in [0.1, 0.15) is 12.5 Å². The number of anilines is 1. The molecule has 94 valence electrons. The number of pyridine rings is 1. The lowest BCUT2D eigenvalue weighted by Crippen LogP contribution is -2.43. The van der Waals surface area contributed by atoms with E-state index in [1.54, 1.807) is 25.4 Å². The lowest BCUT2D eigenvalue weighted by atomic mass is 10.0. The number of hydrogen-bond donors (Lipinski definition) is 1. The molecule has 1 aliphatic rings. The van der Waals surface area contributed by atoms with E-state index in [9.17, 15) is 9.18 Å². The molecule has 0 radical (unpaired) electrons. The van der Waals surface area contributed by atoms with Crippen molar-refractivity contribution in [3.63, 3.8) is 0 Å². The number of hydrogen-bond acceptors (Lipinski definition) is 3. The van der Waals surface area contributed by atoms with Gasteiger partial charge >= 0.3 is 0 Å². The molecule has 0 bridgehead atoms. The Morgan fingerprint density at radius 1 is 1.53 bits per heavy atom. The first-order valence-electron chi connectivity index (χ1n) is 5.85. The monoisotopic (exact) mass is 239 g/mol. The molecule has 1 aromatic heterocycles. The minimum atomic E-state index is -0.987. The van der Waals surface area contributed by atoms with Crippen molar-refractivity contribution in [2.45, 2.75) is 18.6 Å². The number of rotatable bonds is 2. The van der Waals surface area contributed by atoms with E-state index < -0.39 is 6.17 Å². The summed E-state index contributed by atoms with van der Waals surface area (Å²) in [6, 6.07) is 3.14. The van der Waals surface area contributed by atoms with Gasteiger partial charge < -0.3 is 14.8 Å². The Morgan fingerprint density at radius 3 is 2.94 bits per heavy atom. The van der Waals surface area contributed by atoms with Gasteiger partial charge in [0, 0.05) is 26.3 Å². The molecule has 0 aromatic carbocycles. The van der Waals surface area contributed by atoms with Gasteiger partial charge in [-0.05, 0) is 25.6 Å². The standard InChI is InChI=1S/C12H18FN3O/c1-14-10-4-3-6-16(12(10)17)11-5-7-15(2)8-9(11)13/h3-4,6,9,11,14H,5,7-8H2,1-2H3/t9-,11+/m1/s1. The van der Waals surface area contributed by atoms with Crippen LogP contribution in [0.5, 0.6) is 0 Å². The van der Waals surface area contributed by atoms with E-state index in [-0.39, 0.29) is 11.6 Å². The molecule has 0 aliphatic carbocycles. The first-order chi connectivity index (χ1) is 8.13. The van der Waals surface area contributed by atoms with Crippen LogP contribution in [0.15, 0.2) is 23.1 Å². The fourth-order valence-electron chi connectivity index (χ4n) is 2.32. The van der Waals surface area contributed by atoms with Crippen LogP contribution in [0.25, 0.3) is 0 Å². The van der Waals surface area contributed by atoms with E-state index in [1.807, 2.05) is 11.9 Å². The first kappa shape index (κ1) is 12.1. The van der Waals surface area contributed by atoms with Crippen LogP contribution in [0.4, 0.5) is 10.1 Å². The van der Waals surface area contributed by atoms with Gasteiger partial charge in [-0.2, -0.15) is 0 Å². The molecule has 1 fully saturated rings. The summed E-state index contributed by atoms with van der Waals surface area (Å²) in [7, 11) is 3.60. The fourth-order valence-corrected chi connectivity index (χ4v) is 2.32. The van der Waals surface area contributed by atoms with Gasteiger partial charge in [-0.1, -0.05) is 0 Å². The summed E-state index contributed by atoms with van der Waals surface area (Å²) in [6.45, 7) is 1.21. The maximum absolute atomic E-state index is 14.0. The molecule has 2 atom stereocenters. The van der Waals surface area contributed by atoms with E-state index in [0.717, 1.165) is 6.54 Å². The zero-order valence-electron chi connectivity index (χ0n) is 10.2. The zero-order valence-corrected chi connectivity index (χ0v) is 10.2. The minimum absolute atomic E-state index is 0.146. The molecule has 0 amide bonds. The second-order valence-electron chi connectivity index (χ2n) is 4.52. The number of nitrogens with zero attached hydrogens (tertiary/aromatic N) is 2. The smallest absolute Gasteiger partial charge is 0.274 e. The first-order valence-corrected chi connectivity index (χ1v) is 5.85. The van der Waals surface area contributed by atoms with Crippen molar-refractivity contribution >= 4 is 5.69 Å². The van der Waals surface area contributed by atoms with Gasteiger partial charge in [-0.15, -0.1) is 0 Å². The van der Waals surface area contributed by atoms with Crippen molar-refractivity contribution in [3.05, 3.63) is 28.7 Å². The molecule has 2 rings (SSSR count). The average Bonchev–Trinajstić information content (AvgIpc) is 2.30. The highest BCUT2D eigenvalue weighted by molar-refractivity contribution is 5.39. The van der Waals surface area contributed by atoms with Crippen molar-refractivity contribution < 1.29 is 4.39 Å². The Kier molecular flexibility index (Phi) is 3.47. The molecule has 2 heterocycles. The number of piperidine rings is 1. The van der Waals surface area contributed by atoms with Gasteiger partial charge in [0.2, 0.25) is 0 Å². The van der Waals surface area contributed by atoms with Gasteiger partial charge in [-0.3, -0.25) is 4.79 Å². The highest BCUT2D eigenvalue weighted by Crippen LogP contribution is 2.23. The minimum Gasteiger partial charge on any atom is -0.384 e. The average molecular weight is 239 g/mol. The number of alkyl halides is 1. The maximum Gasteiger partial charge on any atom is 0.274 e. The Balaban J connectivity index is 2.31. The quantitative estimate of drug-likeness (QED) is 0.840. The normalized spacial score (nSPS) is 25.8. The maximum atomic E-state index is 14.0. The van der Waals surface area contributed by atoms with E-state index in [1.165, 1.54) is 4.57 Å². The van der Waals surface area contributed by atoms with Gasteiger partial charge in [-0.25, -0.2) is 4.39 Å². The van der Waals surface area contributed by atoms with Crippen LogP contribution in [-0.2, 0) is 0 Å². The topological polar surface area (TPSA) is 37.3 Å². The van der Waals surface area contributed by atoms with E-state index in [0.29, 0.717) is 18.7 Å². The summed E-state index contributed by atoms with van der Waals surface area (Å²) in [5.74, 6) is 0. The van der Waals surface area contributed by atoms with Crippen LogP contribution >= 0.6 is 0 Å². The summed E-state index contributed by atoms with van der Waals surface area (Å²) < 4.78 is 15.5. The van der Waals surface area contributed by atoms with Crippen molar-refractivity contribution in [1.82, 2.24) is 9.47 Å².